The van der Waals surface area contributed by atoms with E-state index in [1.807, 2.05) is 18.2 Å². The van der Waals surface area contributed by atoms with Crippen LogP contribution in [0.3, 0.4) is 0 Å². The van der Waals surface area contributed by atoms with Gasteiger partial charge in [0.25, 0.3) is 0 Å². The van der Waals surface area contributed by atoms with Crippen LogP contribution in [0.5, 0.6) is 0 Å². The summed E-state index contributed by atoms with van der Waals surface area (Å²) in [6.45, 7) is 7.14. The number of hydrogen-bond donors (Lipinski definition) is 1. The molecular formula is C17H25ClN4O. The van der Waals surface area contributed by atoms with E-state index in [-0.39, 0.29) is 23.9 Å². The maximum absolute atomic E-state index is 6.18. The van der Waals surface area contributed by atoms with Gasteiger partial charge in [0, 0.05) is 19.1 Å². The molecule has 3 rings (SSSR count). The minimum atomic E-state index is 0. The van der Waals surface area contributed by atoms with Crippen LogP contribution in [-0.4, -0.2) is 34.2 Å². The van der Waals surface area contributed by atoms with Crippen LogP contribution in [0.2, 0.25) is 0 Å². The Morgan fingerprint density at radius 3 is 2.74 bits per heavy atom. The number of piperidine rings is 1. The number of hydrogen-bond acceptors (Lipinski definition) is 5. The van der Waals surface area contributed by atoms with Gasteiger partial charge in [-0.1, -0.05) is 49.3 Å². The molecule has 23 heavy (non-hydrogen) atoms. The van der Waals surface area contributed by atoms with Crippen LogP contribution in [0.4, 0.5) is 0 Å². The van der Waals surface area contributed by atoms with E-state index in [4.69, 9.17) is 10.3 Å². The molecule has 1 atom stereocenters. The zero-order valence-corrected chi connectivity index (χ0v) is 14.6. The van der Waals surface area contributed by atoms with E-state index in [0.29, 0.717) is 12.3 Å². The van der Waals surface area contributed by atoms with Crippen LogP contribution in [-0.2, 0) is 13.0 Å². The van der Waals surface area contributed by atoms with Crippen LogP contribution >= 0.6 is 12.4 Å². The van der Waals surface area contributed by atoms with Crippen LogP contribution < -0.4 is 5.73 Å². The molecule has 2 aromatic rings. The first-order valence-corrected chi connectivity index (χ1v) is 7.86. The van der Waals surface area contributed by atoms with Crippen LogP contribution in [0.25, 0.3) is 0 Å². The Hall–Kier alpha value is -1.43. The zero-order chi connectivity index (χ0) is 15.6. The lowest BCUT2D eigenvalue weighted by Crippen LogP contribution is -2.52. The lowest BCUT2D eigenvalue weighted by atomic mass is 9.80. The molecule has 1 aliphatic rings. The monoisotopic (exact) mass is 336 g/mol. The highest BCUT2D eigenvalue weighted by atomic mass is 35.5. The van der Waals surface area contributed by atoms with Gasteiger partial charge >= 0.3 is 0 Å². The predicted molar refractivity (Wildman–Crippen MR) is 92.4 cm³/mol. The lowest BCUT2D eigenvalue weighted by molar-refractivity contribution is 0.0872. The highest BCUT2D eigenvalue weighted by Gasteiger charge is 2.33. The summed E-state index contributed by atoms with van der Waals surface area (Å²) < 4.78 is 5.37. The van der Waals surface area contributed by atoms with Gasteiger partial charge in [0.1, 0.15) is 0 Å². The van der Waals surface area contributed by atoms with Gasteiger partial charge in [0.05, 0.1) is 13.0 Å². The Morgan fingerprint density at radius 1 is 1.30 bits per heavy atom. The van der Waals surface area contributed by atoms with Gasteiger partial charge in [0.15, 0.2) is 5.82 Å². The minimum Gasteiger partial charge on any atom is -0.339 e. The second-order valence-corrected chi connectivity index (χ2v) is 6.86. The van der Waals surface area contributed by atoms with E-state index in [2.05, 4.69) is 41.0 Å². The van der Waals surface area contributed by atoms with Crippen molar-refractivity contribution >= 4 is 12.4 Å². The first-order valence-electron chi connectivity index (χ1n) is 7.86. The summed E-state index contributed by atoms with van der Waals surface area (Å²) in [6.07, 6.45) is 1.70. The molecule has 2 N–H and O–H groups in total. The van der Waals surface area contributed by atoms with E-state index in [1.165, 1.54) is 5.56 Å². The first-order chi connectivity index (χ1) is 10.5. The molecule has 0 radical (unpaired) electrons. The highest BCUT2D eigenvalue weighted by Crippen LogP contribution is 2.28. The van der Waals surface area contributed by atoms with Crippen LogP contribution in [0.15, 0.2) is 34.9 Å². The van der Waals surface area contributed by atoms with Crippen LogP contribution in [0.1, 0.15) is 37.5 Å². The first kappa shape index (κ1) is 17.9. The summed E-state index contributed by atoms with van der Waals surface area (Å²) in [5, 5.41) is 4.11. The van der Waals surface area contributed by atoms with Crippen molar-refractivity contribution in [1.82, 2.24) is 15.0 Å². The molecule has 0 aliphatic carbocycles. The SMILES string of the molecule is CC1(C)CN(Cc2noc(Cc3ccccc3)n2)CCC1N.Cl. The number of benzene rings is 1. The number of aromatic nitrogens is 2. The smallest absolute Gasteiger partial charge is 0.231 e. The summed E-state index contributed by atoms with van der Waals surface area (Å²) >= 11 is 0. The Kier molecular flexibility index (Phi) is 5.79. The minimum absolute atomic E-state index is 0. The average molecular weight is 337 g/mol. The number of halogens is 1. The predicted octanol–water partition coefficient (Wildman–Crippen LogP) is 2.64. The van der Waals surface area contributed by atoms with Gasteiger partial charge in [-0.05, 0) is 17.4 Å². The molecule has 0 bridgehead atoms. The van der Waals surface area contributed by atoms with Crippen molar-refractivity contribution < 1.29 is 4.52 Å². The van der Waals surface area contributed by atoms with Crippen molar-refractivity contribution in [3.63, 3.8) is 0 Å². The van der Waals surface area contributed by atoms with E-state index < -0.39 is 0 Å². The molecule has 1 aromatic heterocycles. The van der Waals surface area contributed by atoms with Crippen molar-refractivity contribution in [3.05, 3.63) is 47.6 Å². The third-order valence-electron chi connectivity index (χ3n) is 4.46. The maximum atomic E-state index is 6.18. The van der Waals surface area contributed by atoms with Crippen molar-refractivity contribution in [3.8, 4) is 0 Å². The normalized spacial score (nSPS) is 20.9. The van der Waals surface area contributed by atoms with Crippen LogP contribution in [0, 0.1) is 5.41 Å². The molecule has 5 nitrogen and oxygen atoms in total. The molecule has 2 heterocycles. The third-order valence-corrected chi connectivity index (χ3v) is 4.46. The summed E-state index contributed by atoms with van der Waals surface area (Å²) in [4.78, 5) is 6.88. The lowest BCUT2D eigenvalue weighted by Gasteiger charge is -2.42. The van der Waals surface area contributed by atoms with Crippen molar-refractivity contribution in [1.29, 1.82) is 0 Å². The standard InChI is InChI=1S/C17H24N4O.ClH/c1-17(2)12-21(9-8-14(17)18)11-15-19-16(22-20-15)10-13-6-4-3-5-7-13;/h3-7,14H,8-12,18H2,1-2H3;1H. The Labute approximate surface area is 143 Å². The fourth-order valence-corrected chi connectivity index (χ4v) is 3.02. The van der Waals surface area contributed by atoms with Crippen molar-refractivity contribution in [2.24, 2.45) is 11.1 Å². The van der Waals surface area contributed by atoms with Gasteiger partial charge in [-0.3, -0.25) is 4.90 Å². The molecule has 1 aromatic carbocycles. The van der Waals surface area contributed by atoms with E-state index in [0.717, 1.165) is 31.9 Å². The number of nitrogens with two attached hydrogens (primary N) is 1. The number of rotatable bonds is 4. The largest absolute Gasteiger partial charge is 0.339 e. The molecule has 0 amide bonds. The molecule has 1 aliphatic heterocycles. The van der Waals surface area contributed by atoms with E-state index in [9.17, 15) is 0 Å². The zero-order valence-electron chi connectivity index (χ0n) is 13.7. The molecule has 1 saturated heterocycles. The summed E-state index contributed by atoms with van der Waals surface area (Å²) in [7, 11) is 0. The van der Waals surface area contributed by atoms with Crippen molar-refractivity contribution in [2.45, 2.75) is 39.3 Å². The second kappa shape index (κ2) is 7.43. The van der Waals surface area contributed by atoms with Gasteiger partial charge in [-0.2, -0.15) is 4.98 Å². The molecule has 0 spiro atoms. The third kappa shape index (κ3) is 4.53. The number of likely N-dealkylation sites (tertiary alicyclic amines) is 1. The quantitative estimate of drug-likeness (QED) is 0.929. The molecule has 1 fully saturated rings. The highest BCUT2D eigenvalue weighted by molar-refractivity contribution is 5.85. The van der Waals surface area contributed by atoms with E-state index in [1.54, 1.807) is 0 Å². The Morgan fingerprint density at radius 2 is 2.04 bits per heavy atom. The summed E-state index contributed by atoms with van der Waals surface area (Å²) in [6, 6.07) is 10.4. The van der Waals surface area contributed by atoms with Gasteiger partial charge in [0.2, 0.25) is 5.89 Å². The second-order valence-electron chi connectivity index (χ2n) is 6.86. The Bertz CT molecular complexity index is 614. The molecule has 1 unspecified atom stereocenters. The molecule has 6 heteroatoms. The topological polar surface area (TPSA) is 68.2 Å². The maximum Gasteiger partial charge on any atom is 0.231 e. The van der Waals surface area contributed by atoms with Crippen molar-refractivity contribution in [2.75, 3.05) is 13.1 Å². The van der Waals surface area contributed by atoms with E-state index >= 15 is 0 Å². The van der Waals surface area contributed by atoms with Gasteiger partial charge in [-0.25, -0.2) is 0 Å². The average Bonchev–Trinajstić information content (AvgIpc) is 2.91. The fourth-order valence-electron chi connectivity index (χ4n) is 3.02. The van der Waals surface area contributed by atoms with Gasteiger partial charge < -0.3 is 10.3 Å². The summed E-state index contributed by atoms with van der Waals surface area (Å²) in [5.41, 5.74) is 7.50. The molecule has 0 saturated carbocycles. The fraction of sp³-hybridized carbons (Fsp3) is 0.529. The Balaban J connectivity index is 0.00000192. The molecule has 126 valence electrons. The summed E-state index contributed by atoms with van der Waals surface area (Å²) in [5.74, 6) is 1.44. The number of nitrogens with zero attached hydrogens (tertiary/aromatic N) is 3. The molecular weight excluding hydrogens is 312 g/mol. The van der Waals surface area contributed by atoms with Gasteiger partial charge in [-0.15, -0.1) is 12.4 Å².